The lowest BCUT2D eigenvalue weighted by Crippen LogP contribution is -2.46. The molecule has 0 saturated heterocycles. The van der Waals surface area contributed by atoms with E-state index in [0.717, 1.165) is 0 Å². The van der Waals surface area contributed by atoms with E-state index in [9.17, 15) is 58.8 Å². The van der Waals surface area contributed by atoms with Gasteiger partial charge in [-0.25, -0.2) is 9.59 Å². The fourth-order valence-electron chi connectivity index (χ4n) is 7.79. The molecule has 0 aliphatic heterocycles. The van der Waals surface area contributed by atoms with Gasteiger partial charge in [0.1, 0.15) is 11.5 Å². The maximum Gasteiger partial charge on any atom is 0.337 e. The molecule has 0 unspecified atom stereocenters. The van der Waals surface area contributed by atoms with Gasteiger partial charge in [-0.2, -0.15) is 0 Å². The molecule has 0 heterocycles. The van der Waals surface area contributed by atoms with Crippen molar-refractivity contribution in [1.82, 2.24) is 0 Å². The summed E-state index contributed by atoms with van der Waals surface area (Å²) in [5.74, 6) is -10.0. The summed E-state index contributed by atoms with van der Waals surface area (Å²) >= 11 is 0. The fourth-order valence-corrected chi connectivity index (χ4v) is 7.79. The first-order chi connectivity index (χ1) is 28.4. The Labute approximate surface area is 340 Å². The first kappa shape index (κ1) is 41.7. The fraction of sp³-hybridized carbons (Fsp3) is 0.182. The summed E-state index contributed by atoms with van der Waals surface area (Å²) < 4.78 is 0. The van der Waals surface area contributed by atoms with Crippen LogP contribution in [0.25, 0.3) is 33.4 Å². The van der Waals surface area contributed by atoms with Crippen molar-refractivity contribution in [2.75, 3.05) is 21.7 Å². The van der Waals surface area contributed by atoms with Gasteiger partial charge in [-0.3, -0.25) is 50.5 Å². The highest BCUT2D eigenvalue weighted by molar-refractivity contribution is 6.69. The third kappa shape index (κ3) is 6.53. The van der Waals surface area contributed by atoms with Crippen molar-refractivity contribution in [2.45, 2.75) is 41.5 Å². The maximum absolute atomic E-state index is 13.7. The normalized spacial score (nSPS) is 13.7. The molecule has 4 aromatic rings. The maximum atomic E-state index is 13.7. The van der Waals surface area contributed by atoms with E-state index in [2.05, 4.69) is 21.7 Å². The number of fused-ring (bicyclic) bond motifs is 2. The molecule has 0 spiro atoms. The van der Waals surface area contributed by atoms with Crippen molar-refractivity contribution < 1.29 is 58.8 Å². The Bertz CT molecular complexity index is 2750. The number of carbonyl (C=O) groups is 8. The zero-order chi connectivity index (χ0) is 44.1. The molecule has 16 heteroatoms. The van der Waals surface area contributed by atoms with Crippen LogP contribution in [-0.2, 0) is 28.8 Å². The van der Waals surface area contributed by atoms with Gasteiger partial charge in [-0.15, -0.1) is 0 Å². The van der Waals surface area contributed by atoms with Gasteiger partial charge in [-0.1, -0.05) is 52.0 Å². The number of benzene rings is 4. The molecule has 2 aliphatic carbocycles. The van der Waals surface area contributed by atoms with Gasteiger partial charge in [0.25, 0.3) is 0 Å². The Morgan fingerprint density at radius 3 is 1.17 bits per heavy atom. The minimum Gasteiger partial charge on any atom is -0.507 e. The molecule has 6 rings (SSSR count). The van der Waals surface area contributed by atoms with Crippen LogP contribution in [0, 0.1) is 25.7 Å². The number of Topliss-reactive ketones (excluding diaryl/α,β-unsaturated/α-hetero) is 4. The number of phenols is 2. The number of aromatic carboxylic acids is 2. The highest BCUT2D eigenvalue weighted by Crippen LogP contribution is 2.42. The second-order valence-electron chi connectivity index (χ2n) is 14.7. The smallest absolute Gasteiger partial charge is 0.337 e. The molecule has 0 amide bonds. The van der Waals surface area contributed by atoms with Gasteiger partial charge >= 0.3 is 11.9 Å². The topological polar surface area (TPSA) is 266 Å². The van der Waals surface area contributed by atoms with Crippen LogP contribution < -0.4 is 42.6 Å². The molecule has 0 aromatic heterocycles. The number of hydrazine groups is 2. The van der Waals surface area contributed by atoms with E-state index in [-0.39, 0.29) is 90.3 Å². The first-order valence-corrected chi connectivity index (χ1v) is 18.5. The van der Waals surface area contributed by atoms with Crippen LogP contribution in [-0.4, -0.2) is 68.1 Å². The molecular formula is C44H38N4O12. The van der Waals surface area contributed by atoms with Crippen molar-refractivity contribution >= 4 is 92.7 Å². The summed E-state index contributed by atoms with van der Waals surface area (Å²) in [5.41, 5.74) is 9.03. The number of carboxylic acids is 2. The number of phenolic OH excluding ortho intramolecular Hbond substituents is 2. The number of aldehydes is 2. The lowest BCUT2D eigenvalue weighted by Gasteiger charge is -2.27. The van der Waals surface area contributed by atoms with Gasteiger partial charge in [-0.05, 0) is 61.1 Å². The predicted molar refractivity (Wildman–Crippen MR) is 220 cm³/mol. The molecular weight excluding hydrogens is 776 g/mol. The molecule has 4 aromatic carbocycles. The van der Waals surface area contributed by atoms with Crippen LogP contribution in [0.5, 0.6) is 11.5 Å². The number of ketones is 4. The second kappa shape index (κ2) is 15.8. The number of nitrogens with one attached hydrogen (secondary N) is 4. The van der Waals surface area contributed by atoms with Gasteiger partial charge in [0.15, 0.2) is 12.6 Å². The Morgan fingerprint density at radius 2 is 0.867 bits per heavy atom. The third-order valence-electron chi connectivity index (χ3n) is 10.5. The lowest BCUT2D eigenvalue weighted by molar-refractivity contribution is -0.130. The van der Waals surface area contributed by atoms with Crippen LogP contribution in [0.15, 0.2) is 48.5 Å². The van der Waals surface area contributed by atoms with Gasteiger partial charge < -0.3 is 20.4 Å². The second-order valence-corrected chi connectivity index (χ2v) is 14.7. The van der Waals surface area contributed by atoms with Gasteiger partial charge in [0.05, 0.1) is 45.0 Å². The third-order valence-corrected chi connectivity index (χ3v) is 10.5. The number of hydrogen-bond acceptors (Lipinski definition) is 14. The van der Waals surface area contributed by atoms with E-state index < -0.39 is 80.0 Å². The summed E-state index contributed by atoms with van der Waals surface area (Å²) in [6, 6.07) is 11.6. The van der Waals surface area contributed by atoms with Crippen molar-refractivity contribution in [3.63, 3.8) is 0 Å². The predicted octanol–water partition coefficient (Wildman–Crippen LogP) is 2.27. The summed E-state index contributed by atoms with van der Waals surface area (Å²) in [5, 5.41) is 43.6. The minimum absolute atomic E-state index is 0.0401. The number of carboxylic acid groups (broad SMARTS) is 2. The minimum atomic E-state index is -1.29. The zero-order valence-electron chi connectivity index (χ0n) is 33.0. The standard InChI is InChI=1S/C44H38N4O12/c1-17(2)27-33-31(23(15-49)37(51)41(27)55)39(53)29(19(5)35(33)47-45-25-13-9-7-11-21(25)43(57)58)30-20(6)36(48-46-26-14-10-8-12-22(26)44(59)60)34-28(18(3)4)42(56)38(52)24(16-50)32(34)40(30)54/h7-18,45-48,53-54H,1-6H3,(H,57,58)(H,59,60). The molecule has 60 heavy (non-hydrogen) atoms. The number of rotatable bonds is 13. The molecule has 0 fully saturated rings. The first-order valence-electron chi connectivity index (χ1n) is 18.5. The average Bonchev–Trinajstić information content (AvgIpc) is 3.20. The number of aromatic hydroxyl groups is 2. The Kier molecular flexibility index (Phi) is 11.0. The molecule has 2 aliphatic rings. The lowest BCUT2D eigenvalue weighted by atomic mass is 9.80. The highest BCUT2D eigenvalue weighted by Gasteiger charge is 2.37. The summed E-state index contributed by atoms with van der Waals surface area (Å²) in [6.07, 6.45) is 0.212. The Balaban J connectivity index is 1.85. The van der Waals surface area contributed by atoms with E-state index in [1.165, 1.54) is 50.2 Å². The van der Waals surface area contributed by atoms with Crippen molar-refractivity contribution in [3.05, 3.63) is 91.7 Å². The summed E-state index contributed by atoms with van der Waals surface area (Å²) in [7, 11) is 0. The van der Waals surface area contributed by atoms with Crippen LogP contribution in [0.3, 0.4) is 0 Å². The Morgan fingerprint density at radius 1 is 0.533 bits per heavy atom. The van der Waals surface area contributed by atoms with E-state index in [1.54, 1.807) is 39.8 Å². The molecule has 0 saturated carbocycles. The summed E-state index contributed by atoms with van der Waals surface area (Å²) in [6.45, 7) is 9.35. The molecule has 8 N–H and O–H groups in total. The summed E-state index contributed by atoms with van der Waals surface area (Å²) in [4.78, 5) is 104. The van der Waals surface area contributed by atoms with Crippen molar-refractivity contribution in [1.29, 1.82) is 0 Å². The number of para-hydroxylation sites is 2. The van der Waals surface area contributed by atoms with Gasteiger partial charge in [0, 0.05) is 43.1 Å². The molecule has 0 radical (unpaired) electrons. The van der Waals surface area contributed by atoms with Crippen LogP contribution in [0.1, 0.15) is 59.5 Å². The van der Waals surface area contributed by atoms with Crippen LogP contribution in [0.4, 0.5) is 22.7 Å². The van der Waals surface area contributed by atoms with Crippen molar-refractivity contribution in [3.8, 4) is 22.6 Å². The van der Waals surface area contributed by atoms with Crippen LogP contribution in [0.2, 0.25) is 0 Å². The van der Waals surface area contributed by atoms with Crippen LogP contribution >= 0.6 is 0 Å². The van der Waals surface area contributed by atoms with E-state index in [4.69, 9.17) is 0 Å². The molecule has 0 atom stereocenters. The largest absolute Gasteiger partial charge is 0.507 e. The Hall–Kier alpha value is -7.88. The number of carbonyl (C=O) groups excluding carboxylic acids is 6. The molecule has 16 nitrogen and oxygen atoms in total. The van der Waals surface area contributed by atoms with E-state index in [1.807, 2.05) is 0 Å². The quantitative estimate of drug-likeness (QED) is 0.0416. The number of hydrogen-bond donors (Lipinski definition) is 8. The van der Waals surface area contributed by atoms with E-state index in [0.29, 0.717) is 0 Å². The molecule has 0 bridgehead atoms. The average molecular weight is 815 g/mol. The molecule has 306 valence electrons. The monoisotopic (exact) mass is 814 g/mol. The zero-order valence-corrected chi connectivity index (χ0v) is 33.0. The van der Waals surface area contributed by atoms with E-state index >= 15 is 0 Å². The van der Waals surface area contributed by atoms with Crippen molar-refractivity contribution in [2.24, 2.45) is 11.8 Å². The number of anilines is 4. The van der Waals surface area contributed by atoms with Gasteiger partial charge in [0.2, 0.25) is 23.1 Å². The SMILES string of the molecule is Cc1c(-c2c(C)c(NNc3ccccc3C(=O)O)c3c(c2O)=C(C=O)C(=O)C(=O)C=3C(C)C)c(O)c2c(c1NNc1ccccc1C(=O)O)=C(C(C)C)C(=O)C(=O)C=2C=O. The highest BCUT2D eigenvalue weighted by atomic mass is 16.4.